The third kappa shape index (κ3) is 15.6. The topological polar surface area (TPSA) is 0 Å². The molecule has 112 valence electrons. The van der Waals surface area contributed by atoms with Crippen LogP contribution in [0.3, 0.4) is 0 Å². The minimum Gasteiger partial charge on any atom is -1.00 e. The third-order valence-electron chi connectivity index (χ3n) is 3.34. The van der Waals surface area contributed by atoms with Crippen LogP contribution in [0.15, 0.2) is 0 Å². The van der Waals surface area contributed by atoms with Crippen LogP contribution in [-0.4, -0.2) is 41.4 Å². The van der Waals surface area contributed by atoms with Crippen LogP contribution < -0.4 is 12.4 Å². The summed E-state index contributed by atoms with van der Waals surface area (Å²) in [5.41, 5.74) is 0. The predicted molar refractivity (Wildman–Crippen MR) is 92.5 cm³/mol. The van der Waals surface area contributed by atoms with Gasteiger partial charge in [-0.25, -0.2) is 0 Å². The Hall–Kier alpha value is 1.26. The molecule has 0 spiro atoms. The second kappa shape index (κ2) is 22.5. The Kier molecular flexibility index (Phi) is 33.0. The first kappa shape index (κ1) is 29.3. The van der Waals surface area contributed by atoms with Crippen molar-refractivity contribution in [1.29, 1.82) is 0 Å². The van der Waals surface area contributed by atoms with Crippen molar-refractivity contribution in [3.63, 3.8) is 0 Å². The molecule has 0 radical (unpaired) electrons. The van der Waals surface area contributed by atoms with Gasteiger partial charge in [-0.2, -0.15) is 0 Å². The van der Waals surface area contributed by atoms with Gasteiger partial charge in [-0.05, 0) is 0 Å². The van der Waals surface area contributed by atoms with Crippen LogP contribution in [0.5, 0.6) is 0 Å². The normalized spacial score (nSPS) is 8.90. The van der Waals surface area contributed by atoms with Crippen LogP contribution in [0.4, 0.5) is 0 Å². The summed E-state index contributed by atoms with van der Waals surface area (Å²) in [6, 6.07) is 0. The van der Waals surface area contributed by atoms with Gasteiger partial charge in [0.15, 0.2) is 0 Å². The van der Waals surface area contributed by atoms with Crippen LogP contribution in [0.2, 0.25) is 13.3 Å². The van der Waals surface area contributed by atoms with E-state index in [9.17, 15) is 0 Å². The molecule has 0 aliphatic carbocycles. The van der Waals surface area contributed by atoms with E-state index in [4.69, 9.17) is 18.0 Å². The summed E-state index contributed by atoms with van der Waals surface area (Å²) < 4.78 is 7.83. The monoisotopic (exact) mass is 434 g/mol. The van der Waals surface area contributed by atoms with E-state index in [1.54, 1.807) is 0 Å². The van der Waals surface area contributed by atoms with Crippen LogP contribution in [0.25, 0.3) is 0 Å². The quantitative estimate of drug-likeness (QED) is 0.297. The molecule has 0 saturated carbocycles. The zero-order chi connectivity index (χ0) is 14.3. The summed E-state index contributed by atoms with van der Waals surface area (Å²) in [6.45, 7) is 6.85. The molecule has 0 unspecified atom stereocenters. The molecule has 0 heterocycles. The Morgan fingerprint density at radius 2 is 1.20 bits per heavy atom. The molecule has 4 heteroatoms. The molecule has 0 saturated heterocycles. The maximum Gasteiger partial charge on any atom is 2.00 e. The van der Waals surface area contributed by atoms with Gasteiger partial charge < -0.3 is 25.3 Å². The summed E-state index contributed by atoms with van der Waals surface area (Å²) in [6.07, 6.45) is 17.0. The molecule has 0 amide bonds. The van der Waals surface area contributed by atoms with Crippen LogP contribution >= 0.6 is 11.6 Å². The van der Waals surface area contributed by atoms with Crippen molar-refractivity contribution < 1.29 is 12.4 Å². The van der Waals surface area contributed by atoms with Crippen molar-refractivity contribution in [1.82, 2.24) is 0 Å². The molecular formula is C16H28Cl2MgSn. The molecule has 0 aromatic heterocycles. The van der Waals surface area contributed by atoms with Crippen LogP contribution in [0, 0.1) is 22.2 Å². The fourth-order valence-corrected chi connectivity index (χ4v) is 16.2. The van der Waals surface area contributed by atoms with Gasteiger partial charge in [0.25, 0.3) is 0 Å². The van der Waals surface area contributed by atoms with Gasteiger partial charge in [0.05, 0.1) is 0 Å². The van der Waals surface area contributed by atoms with E-state index in [0.717, 1.165) is 0 Å². The number of halogens is 2. The van der Waals surface area contributed by atoms with Crippen molar-refractivity contribution >= 4 is 53.0 Å². The largest absolute Gasteiger partial charge is 2.00 e. The molecule has 0 aromatic carbocycles. The van der Waals surface area contributed by atoms with Gasteiger partial charge in [0.2, 0.25) is 0 Å². The molecular weight excluding hydrogens is 406 g/mol. The van der Waals surface area contributed by atoms with E-state index in [1.807, 2.05) is 0 Å². The Morgan fingerprint density at radius 3 is 1.40 bits per heavy atom. The molecule has 0 atom stereocenters. The van der Waals surface area contributed by atoms with Crippen LogP contribution in [-0.2, 0) is 0 Å². The fourth-order valence-electron chi connectivity index (χ4n) is 2.21. The molecule has 0 aliphatic rings. The summed E-state index contributed by atoms with van der Waals surface area (Å²) in [4.78, 5) is 0. The molecule has 0 nitrogen and oxygen atoms in total. The minimum atomic E-state index is -2.15. The van der Waals surface area contributed by atoms with Crippen molar-refractivity contribution in [2.75, 3.05) is 0 Å². The van der Waals surface area contributed by atoms with Gasteiger partial charge in [0, 0.05) is 0 Å². The standard InChI is InChI=1S/3C4H9.C2Cl.C2H.ClH.Mg.Sn/c3*1-3-4-2;1-2-3;1-2;;;/h3*1,3-4H2,2H3;;1H;1H;;/q;;;;-1;;+2;/p-1. The smallest absolute Gasteiger partial charge is 1.00 e. The third-order valence-corrected chi connectivity index (χ3v) is 17.0. The van der Waals surface area contributed by atoms with Crippen molar-refractivity contribution in [3.05, 3.63) is 6.42 Å². The molecule has 0 aromatic rings. The molecule has 0 rings (SSSR count). The average molecular weight is 434 g/mol. The van der Waals surface area contributed by atoms with Crippen molar-refractivity contribution in [3.8, 4) is 15.7 Å². The minimum absolute atomic E-state index is 0. The molecule has 20 heavy (non-hydrogen) atoms. The van der Waals surface area contributed by atoms with Gasteiger partial charge in [-0.15, -0.1) is 0 Å². The number of unbranched alkanes of at least 4 members (excludes halogenated alkanes) is 3. The molecule has 0 aliphatic heterocycles. The number of hydrogen-bond donors (Lipinski definition) is 0. The second-order valence-corrected chi connectivity index (χ2v) is 17.3. The maximum absolute atomic E-state index is 5.71. The molecule has 0 N–H and O–H groups in total. The SMILES string of the molecule is CCC[CH2][Sn]([C]#CCl)([CH2]CCC)[CH2]CCC.[C-]#C.[Cl-].[Mg+2]. The number of rotatable bonds is 9. The Labute approximate surface area is 159 Å². The first-order valence-corrected chi connectivity index (χ1v) is 15.0. The summed E-state index contributed by atoms with van der Waals surface area (Å²) >= 11 is 3.56. The summed E-state index contributed by atoms with van der Waals surface area (Å²) in [5, 5.41) is 2.75. The number of hydrogen-bond acceptors (Lipinski definition) is 0. The predicted octanol–water partition coefficient (Wildman–Crippen LogP) is 2.40. The Bertz CT molecular complexity index is 234. The maximum atomic E-state index is 5.71. The van der Waals surface area contributed by atoms with E-state index in [2.05, 4.69) is 36.5 Å². The van der Waals surface area contributed by atoms with E-state index in [0.29, 0.717) is 0 Å². The summed E-state index contributed by atoms with van der Waals surface area (Å²) in [5.74, 6) is 0. The molecule has 0 fully saturated rings. The van der Waals surface area contributed by atoms with E-state index < -0.39 is 18.4 Å². The molecule has 0 bridgehead atoms. The average Bonchev–Trinajstić information content (AvgIpc) is 2.43. The Morgan fingerprint density at radius 1 is 0.900 bits per heavy atom. The van der Waals surface area contributed by atoms with Gasteiger partial charge in [-0.3, -0.25) is 0 Å². The van der Waals surface area contributed by atoms with Gasteiger partial charge in [0.1, 0.15) is 0 Å². The van der Waals surface area contributed by atoms with Gasteiger partial charge >= 0.3 is 135 Å². The Balaban J connectivity index is -0.000000304. The van der Waals surface area contributed by atoms with E-state index in [1.165, 1.54) is 51.8 Å². The number of terminal acetylenes is 1. The second-order valence-electron chi connectivity index (χ2n) is 4.81. The van der Waals surface area contributed by atoms with E-state index in [-0.39, 0.29) is 35.5 Å². The zero-order valence-corrected chi connectivity index (χ0v) is 19.2. The van der Waals surface area contributed by atoms with Crippen molar-refractivity contribution in [2.45, 2.75) is 72.6 Å². The van der Waals surface area contributed by atoms with Crippen molar-refractivity contribution in [2.24, 2.45) is 0 Å². The first-order chi connectivity index (χ1) is 8.74. The van der Waals surface area contributed by atoms with Gasteiger partial charge in [-0.1, -0.05) is 0 Å². The first-order valence-electron chi connectivity index (χ1n) is 7.16. The summed E-state index contributed by atoms with van der Waals surface area (Å²) in [7, 11) is 0. The van der Waals surface area contributed by atoms with Crippen LogP contribution in [0.1, 0.15) is 59.3 Å². The fraction of sp³-hybridized carbons (Fsp3) is 0.750. The zero-order valence-electron chi connectivity index (χ0n) is 13.4. The van der Waals surface area contributed by atoms with E-state index >= 15 is 0 Å².